The van der Waals surface area contributed by atoms with Crippen molar-refractivity contribution in [3.8, 4) is 34.1 Å². The van der Waals surface area contributed by atoms with Crippen molar-refractivity contribution in [2.75, 3.05) is 6.79 Å². The van der Waals surface area contributed by atoms with Crippen LogP contribution < -0.4 is 9.47 Å². The lowest BCUT2D eigenvalue weighted by molar-refractivity contribution is 0.0924. The van der Waals surface area contributed by atoms with Gasteiger partial charge in [0.15, 0.2) is 11.5 Å². The van der Waals surface area contributed by atoms with Crippen molar-refractivity contribution >= 4 is 0 Å². The number of aryl methyl sites for hydroxylation is 1. The van der Waals surface area contributed by atoms with Crippen LogP contribution in [0.5, 0.6) is 11.5 Å². The lowest BCUT2D eigenvalue weighted by atomic mass is 9.70. The molecule has 1 saturated carbocycles. The summed E-state index contributed by atoms with van der Waals surface area (Å²) in [5.41, 5.74) is 4.81. The van der Waals surface area contributed by atoms with Crippen LogP contribution in [0.2, 0.25) is 0 Å². The van der Waals surface area contributed by atoms with E-state index in [1.165, 1.54) is 0 Å². The van der Waals surface area contributed by atoms with E-state index in [0.717, 1.165) is 84.3 Å². The highest BCUT2D eigenvalue weighted by Gasteiger charge is 2.41. The van der Waals surface area contributed by atoms with Crippen LogP contribution in [0.1, 0.15) is 43.6 Å². The number of hydrogen-bond donors (Lipinski definition) is 1. The standard InChI is InChI=1S/C26H27N3O3/c1-17-5-4-6-20(27-17)23-24(18-7-8-21-22(15-18)32-16-31-21)29-14-3-2-11-26(25(29)28-23)12-9-19(30)10-13-26/h2-8,15,19,30H,9-14,16H2,1H3/t19-,26+. The minimum atomic E-state index is -0.206. The number of hydrogen-bond acceptors (Lipinski definition) is 5. The summed E-state index contributed by atoms with van der Waals surface area (Å²) in [6.07, 6.45) is 8.80. The maximum atomic E-state index is 10.2. The summed E-state index contributed by atoms with van der Waals surface area (Å²) in [6, 6.07) is 12.2. The average Bonchev–Trinajstić information content (AvgIpc) is 3.39. The molecule has 3 aromatic rings. The zero-order valence-electron chi connectivity index (χ0n) is 18.3. The largest absolute Gasteiger partial charge is 0.454 e. The molecule has 6 nitrogen and oxygen atoms in total. The van der Waals surface area contributed by atoms with Gasteiger partial charge in [-0.2, -0.15) is 0 Å². The highest BCUT2D eigenvalue weighted by atomic mass is 16.7. The predicted molar refractivity (Wildman–Crippen MR) is 122 cm³/mol. The summed E-state index contributed by atoms with van der Waals surface area (Å²) in [6.45, 7) is 3.03. The van der Waals surface area contributed by atoms with Crippen LogP contribution in [0.3, 0.4) is 0 Å². The number of imidazole rings is 1. The fourth-order valence-electron chi connectivity index (χ4n) is 5.39. The monoisotopic (exact) mass is 429 g/mol. The molecule has 32 heavy (non-hydrogen) atoms. The summed E-state index contributed by atoms with van der Waals surface area (Å²) >= 11 is 0. The van der Waals surface area contributed by atoms with Gasteiger partial charge in [-0.05, 0) is 69.4 Å². The van der Waals surface area contributed by atoms with E-state index in [4.69, 9.17) is 19.4 Å². The molecular formula is C26H27N3O3. The minimum absolute atomic E-state index is 0.0562. The number of ether oxygens (including phenoxy) is 2. The molecule has 1 spiro atoms. The van der Waals surface area contributed by atoms with Crippen LogP contribution in [0.25, 0.3) is 22.6 Å². The first kappa shape index (κ1) is 19.6. The molecule has 0 saturated heterocycles. The van der Waals surface area contributed by atoms with Gasteiger partial charge in [-0.15, -0.1) is 0 Å². The van der Waals surface area contributed by atoms with Crippen LogP contribution in [0.15, 0.2) is 48.6 Å². The Morgan fingerprint density at radius 2 is 1.88 bits per heavy atom. The van der Waals surface area contributed by atoms with Crippen LogP contribution in [-0.4, -0.2) is 32.5 Å². The van der Waals surface area contributed by atoms with Gasteiger partial charge >= 0.3 is 0 Å². The van der Waals surface area contributed by atoms with Crippen LogP contribution in [0.4, 0.5) is 0 Å². The van der Waals surface area contributed by atoms with Crippen LogP contribution >= 0.6 is 0 Å². The Morgan fingerprint density at radius 1 is 1.03 bits per heavy atom. The molecule has 1 fully saturated rings. The van der Waals surface area contributed by atoms with E-state index in [2.05, 4.69) is 28.9 Å². The number of pyridine rings is 1. The number of benzene rings is 1. The van der Waals surface area contributed by atoms with Gasteiger partial charge in [0.25, 0.3) is 0 Å². The van der Waals surface area contributed by atoms with Crippen molar-refractivity contribution in [2.24, 2.45) is 0 Å². The number of nitrogens with zero attached hydrogens (tertiary/aromatic N) is 3. The van der Waals surface area contributed by atoms with Gasteiger partial charge in [0, 0.05) is 23.2 Å². The normalized spacial score (nSPS) is 23.9. The minimum Gasteiger partial charge on any atom is -0.454 e. The van der Waals surface area contributed by atoms with Gasteiger partial charge < -0.3 is 19.1 Å². The van der Waals surface area contributed by atoms with E-state index in [0.29, 0.717) is 0 Å². The predicted octanol–water partition coefficient (Wildman–Crippen LogP) is 4.78. The highest BCUT2D eigenvalue weighted by Crippen LogP contribution is 2.47. The van der Waals surface area contributed by atoms with Crippen molar-refractivity contribution in [3.05, 3.63) is 60.1 Å². The number of aromatic nitrogens is 3. The lowest BCUT2D eigenvalue weighted by Crippen LogP contribution is -2.35. The second-order valence-corrected chi connectivity index (χ2v) is 9.16. The molecule has 6 heteroatoms. The Balaban J connectivity index is 1.59. The molecule has 4 heterocycles. The Kier molecular flexibility index (Phi) is 4.57. The Bertz CT molecular complexity index is 1210. The summed E-state index contributed by atoms with van der Waals surface area (Å²) in [5.74, 6) is 2.65. The summed E-state index contributed by atoms with van der Waals surface area (Å²) in [4.78, 5) is 10.1. The molecule has 1 aromatic carbocycles. The van der Waals surface area contributed by atoms with Gasteiger partial charge in [0.1, 0.15) is 11.5 Å². The van der Waals surface area contributed by atoms with Crippen molar-refractivity contribution in [3.63, 3.8) is 0 Å². The molecule has 0 atom stereocenters. The maximum Gasteiger partial charge on any atom is 0.231 e. The fraction of sp³-hybridized carbons (Fsp3) is 0.385. The van der Waals surface area contributed by atoms with Gasteiger partial charge in [0.05, 0.1) is 17.5 Å². The van der Waals surface area contributed by atoms with Crippen molar-refractivity contribution in [2.45, 2.75) is 57.1 Å². The first-order valence-corrected chi connectivity index (χ1v) is 11.4. The van der Waals surface area contributed by atoms with E-state index in [1.54, 1.807) is 0 Å². The second kappa shape index (κ2) is 7.48. The van der Waals surface area contributed by atoms with E-state index in [1.807, 2.05) is 31.2 Å². The van der Waals surface area contributed by atoms with Crippen molar-refractivity contribution in [1.82, 2.24) is 14.5 Å². The smallest absolute Gasteiger partial charge is 0.231 e. The molecule has 2 aliphatic heterocycles. The summed E-state index contributed by atoms with van der Waals surface area (Å²) < 4.78 is 13.6. The molecule has 0 radical (unpaired) electrons. The summed E-state index contributed by atoms with van der Waals surface area (Å²) in [7, 11) is 0. The average molecular weight is 430 g/mol. The van der Waals surface area contributed by atoms with Crippen molar-refractivity contribution in [1.29, 1.82) is 0 Å². The Hall–Kier alpha value is -3.12. The molecule has 2 aromatic heterocycles. The van der Waals surface area contributed by atoms with Crippen LogP contribution in [0, 0.1) is 6.92 Å². The van der Waals surface area contributed by atoms with E-state index in [9.17, 15) is 5.11 Å². The molecule has 0 bridgehead atoms. The van der Waals surface area contributed by atoms with Crippen molar-refractivity contribution < 1.29 is 14.6 Å². The molecule has 0 unspecified atom stereocenters. The molecule has 164 valence electrons. The SMILES string of the molecule is Cc1cccc(-c2nc3n(c2-c2ccc4c(c2)OCO4)CC=CC[C@]32CC[C@H](O)CC2)n1. The third-order valence-corrected chi connectivity index (χ3v) is 7.09. The first-order valence-electron chi connectivity index (χ1n) is 11.4. The molecule has 3 aliphatic rings. The fourth-order valence-corrected chi connectivity index (χ4v) is 5.39. The first-order chi connectivity index (χ1) is 15.6. The molecule has 1 N–H and O–H groups in total. The molecular weight excluding hydrogens is 402 g/mol. The van der Waals surface area contributed by atoms with Crippen LogP contribution in [-0.2, 0) is 12.0 Å². The quantitative estimate of drug-likeness (QED) is 0.594. The topological polar surface area (TPSA) is 69.4 Å². The summed E-state index contributed by atoms with van der Waals surface area (Å²) in [5, 5.41) is 10.2. The highest BCUT2D eigenvalue weighted by molar-refractivity contribution is 5.79. The van der Waals surface area contributed by atoms with Gasteiger partial charge in [-0.1, -0.05) is 18.2 Å². The van der Waals surface area contributed by atoms with E-state index >= 15 is 0 Å². The zero-order chi connectivity index (χ0) is 21.7. The third kappa shape index (κ3) is 3.13. The number of fused-ring (bicyclic) bond motifs is 3. The van der Waals surface area contributed by atoms with Gasteiger partial charge in [0.2, 0.25) is 6.79 Å². The molecule has 6 rings (SSSR count). The number of rotatable bonds is 2. The van der Waals surface area contributed by atoms with E-state index in [-0.39, 0.29) is 18.3 Å². The number of aliphatic hydroxyl groups is 1. The lowest BCUT2D eigenvalue weighted by Gasteiger charge is -2.37. The maximum absolute atomic E-state index is 10.2. The second-order valence-electron chi connectivity index (χ2n) is 9.16. The third-order valence-electron chi connectivity index (χ3n) is 7.09. The Labute approximate surface area is 187 Å². The number of allylic oxidation sites excluding steroid dienone is 2. The number of aliphatic hydroxyl groups excluding tert-OH is 1. The van der Waals surface area contributed by atoms with E-state index < -0.39 is 0 Å². The molecule has 1 aliphatic carbocycles. The Morgan fingerprint density at radius 3 is 2.72 bits per heavy atom. The zero-order valence-corrected chi connectivity index (χ0v) is 18.3. The molecule has 0 amide bonds. The van der Waals surface area contributed by atoms with Gasteiger partial charge in [-0.3, -0.25) is 4.98 Å². The van der Waals surface area contributed by atoms with Gasteiger partial charge in [-0.25, -0.2) is 4.98 Å².